The maximum atomic E-state index is 5.29. The van der Waals surface area contributed by atoms with Crippen molar-refractivity contribution in [2.24, 2.45) is 0 Å². The molecule has 0 unspecified atom stereocenters. The van der Waals surface area contributed by atoms with Gasteiger partial charge in [0.25, 0.3) is 0 Å². The van der Waals surface area contributed by atoms with Gasteiger partial charge < -0.3 is 9.47 Å². The zero-order valence-corrected chi connectivity index (χ0v) is 8.91. The third-order valence-corrected chi connectivity index (χ3v) is 2.33. The van der Waals surface area contributed by atoms with Crippen LogP contribution in [-0.4, -0.2) is 21.7 Å². The van der Waals surface area contributed by atoms with Crippen molar-refractivity contribution < 1.29 is 9.47 Å². The van der Waals surface area contributed by atoms with Crippen molar-refractivity contribution in [1.29, 1.82) is 0 Å². The summed E-state index contributed by atoms with van der Waals surface area (Å²) < 4.78 is 10.5. The Morgan fingerprint density at radius 1 is 1.00 bits per heavy atom. The third-order valence-electron chi connectivity index (χ3n) is 2.33. The lowest BCUT2D eigenvalue weighted by molar-refractivity contribution is 0.174. The summed E-state index contributed by atoms with van der Waals surface area (Å²) in [5.74, 6) is 2.17. The SMILES string of the molecule is C(=Cc1ncncn1)c1ccc2c(c1)OCO2. The second kappa shape index (κ2) is 4.21. The van der Waals surface area contributed by atoms with Gasteiger partial charge in [-0.3, -0.25) is 0 Å². The zero-order chi connectivity index (χ0) is 11.5. The number of nitrogens with zero attached hydrogens (tertiary/aromatic N) is 3. The fourth-order valence-corrected chi connectivity index (χ4v) is 1.52. The summed E-state index contributed by atoms with van der Waals surface area (Å²) in [6.45, 7) is 0.288. The van der Waals surface area contributed by atoms with Crippen molar-refractivity contribution in [1.82, 2.24) is 15.0 Å². The molecule has 0 fully saturated rings. The summed E-state index contributed by atoms with van der Waals surface area (Å²) in [5.41, 5.74) is 1.01. The Labute approximate surface area is 97.8 Å². The van der Waals surface area contributed by atoms with E-state index in [1.54, 1.807) is 0 Å². The Morgan fingerprint density at radius 3 is 2.71 bits per heavy atom. The standard InChI is InChI=1S/C12H9N3O2/c1-3-10-11(17-8-16-10)5-9(1)2-4-12-14-6-13-7-15-12/h1-7H,8H2. The number of hydrogen-bond donors (Lipinski definition) is 0. The maximum absolute atomic E-state index is 5.29. The number of aromatic nitrogens is 3. The van der Waals surface area contributed by atoms with E-state index in [0.717, 1.165) is 17.1 Å². The first-order valence-corrected chi connectivity index (χ1v) is 5.11. The highest BCUT2D eigenvalue weighted by Crippen LogP contribution is 2.32. The number of benzene rings is 1. The maximum Gasteiger partial charge on any atom is 0.231 e. The lowest BCUT2D eigenvalue weighted by Crippen LogP contribution is -1.92. The fraction of sp³-hybridized carbons (Fsp3) is 0.0833. The minimum Gasteiger partial charge on any atom is -0.454 e. The average Bonchev–Trinajstić information content (AvgIpc) is 2.85. The largest absolute Gasteiger partial charge is 0.454 e. The van der Waals surface area contributed by atoms with Crippen LogP contribution in [0.3, 0.4) is 0 Å². The Morgan fingerprint density at radius 2 is 1.82 bits per heavy atom. The van der Waals surface area contributed by atoms with Gasteiger partial charge in [0.05, 0.1) is 0 Å². The van der Waals surface area contributed by atoms with E-state index in [9.17, 15) is 0 Å². The Balaban J connectivity index is 1.84. The van der Waals surface area contributed by atoms with E-state index in [1.165, 1.54) is 12.7 Å². The Bertz CT molecular complexity index is 555. The smallest absolute Gasteiger partial charge is 0.231 e. The van der Waals surface area contributed by atoms with E-state index in [4.69, 9.17) is 9.47 Å². The van der Waals surface area contributed by atoms with E-state index >= 15 is 0 Å². The predicted molar refractivity (Wildman–Crippen MR) is 61.3 cm³/mol. The van der Waals surface area contributed by atoms with Gasteiger partial charge in [-0.15, -0.1) is 0 Å². The van der Waals surface area contributed by atoms with Gasteiger partial charge in [-0.25, -0.2) is 15.0 Å². The van der Waals surface area contributed by atoms with Gasteiger partial charge in [0, 0.05) is 0 Å². The van der Waals surface area contributed by atoms with Crippen molar-refractivity contribution in [3.8, 4) is 11.5 Å². The molecule has 0 radical (unpaired) electrons. The molecule has 2 aromatic rings. The quantitative estimate of drug-likeness (QED) is 0.782. The van der Waals surface area contributed by atoms with Gasteiger partial charge in [-0.05, 0) is 23.8 Å². The van der Waals surface area contributed by atoms with Crippen LogP contribution in [0, 0.1) is 0 Å². The molecule has 0 bridgehead atoms. The van der Waals surface area contributed by atoms with Crippen LogP contribution in [0.4, 0.5) is 0 Å². The lowest BCUT2D eigenvalue weighted by Gasteiger charge is -1.97. The van der Waals surface area contributed by atoms with Crippen LogP contribution in [0.15, 0.2) is 30.9 Å². The zero-order valence-electron chi connectivity index (χ0n) is 8.91. The normalized spacial score (nSPS) is 13.2. The average molecular weight is 227 g/mol. The third kappa shape index (κ3) is 2.08. The fourth-order valence-electron chi connectivity index (χ4n) is 1.52. The van der Waals surface area contributed by atoms with Gasteiger partial charge in [0.15, 0.2) is 17.3 Å². The second-order valence-corrected chi connectivity index (χ2v) is 3.44. The van der Waals surface area contributed by atoms with Crippen LogP contribution in [-0.2, 0) is 0 Å². The summed E-state index contributed by atoms with van der Waals surface area (Å²) in [6.07, 6.45) is 6.66. The van der Waals surface area contributed by atoms with E-state index in [-0.39, 0.29) is 6.79 Å². The molecule has 84 valence electrons. The highest BCUT2D eigenvalue weighted by molar-refractivity contribution is 5.68. The second-order valence-electron chi connectivity index (χ2n) is 3.44. The minimum atomic E-state index is 0.288. The lowest BCUT2D eigenvalue weighted by atomic mass is 10.2. The topological polar surface area (TPSA) is 57.1 Å². The van der Waals surface area contributed by atoms with E-state index in [1.807, 2.05) is 30.4 Å². The van der Waals surface area contributed by atoms with Crippen LogP contribution < -0.4 is 9.47 Å². The van der Waals surface area contributed by atoms with Crippen LogP contribution >= 0.6 is 0 Å². The van der Waals surface area contributed by atoms with E-state index in [2.05, 4.69) is 15.0 Å². The molecule has 0 saturated heterocycles. The summed E-state index contributed by atoms with van der Waals surface area (Å²) in [5, 5.41) is 0. The molecule has 5 heteroatoms. The molecule has 1 aromatic carbocycles. The van der Waals surface area contributed by atoms with Gasteiger partial charge in [-0.2, -0.15) is 0 Å². The van der Waals surface area contributed by atoms with E-state index in [0.29, 0.717) is 5.82 Å². The number of ether oxygens (including phenoxy) is 2. The van der Waals surface area contributed by atoms with Crippen molar-refractivity contribution in [2.75, 3.05) is 6.79 Å². The molecule has 5 nitrogen and oxygen atoms in total. The van der Waals surface area contributed by atoms with Crippen molar-refractivity contribution in [3.05, 3.63) is 42.2 Å². The van der Waals surface area contributed by atoms with Crippen LogP contribution in [0.25, 0.3) is 12.2 Å². The first-order chi connectivity index (χ1) is 8.42. The summed E-state index contributed by atoms with van der Waals surface area (Å²) >= 11 is 0. The molecule has 17 heavy (non-hydrogen) atoms. The molecular weight excluding hydrogens is 218 g/mol. The van der Waals surface area contributed by atoms with Gasteiger partial charge in [0.1, 0.15) is 12.7 Å². The monoisotopic (exact) mass is 227 g/mol. The molecule has 0 N–H and O–H groups in total. The predicted octanol–water partition coefficient (Wildman–Crippen LogP) is 1.77. The first-order valence-electron chi connectivity index (χ1n) is 5.11. The highest BCUT2D eigenvalue weighted by Gasteiger charge is 2.11. The Hall–Kier alpha value is -2.43. The van der Waals surface area contributed by atoms with E-state index < -0.39 is 0 Å². The number of hydrogen-bond acceptors (Lipinski definition) is 5. The number of fused-ring (bicyclic) bond motifs is 1. The molecule has 0 atom stereocenters. The van der Waals surface area contributed by atoms with Crippen LogP contribution in [0.5, 0.6) is 11.5 Å². The molecule has 2 heterocycles. The van der Waals surface area contributed by atoms with Crippen molar-refractivity contribution in [2.45, 2.75) is 0 Å². The molecule has 1 aliphatic heterocycles. The molecule has 0 aliphatic carbocycles. The molecule has 0 spiro atoms. The highest BCUT2D eigenvalue weighted by atomic mass is 16.7. The molecule has 1 aromatic heterocycles. The van der Waals surface area contributed by atoms with Crippen LogP contribution in [0.1, 0.15) is 11.4 Å². The van der Waals surface area contributed by atoms with Crippen molar-refractivity contribution >= 4 is 12.2 Å². The van der Waals surface area contributed by atoms with Crippen molar-refractivity contribution in [3.63, 3.8) is 0 Å². The number of rotatable bonds is 2. The minimum absolute atomic E-state index is 0.288. The van der Waals surface area contributed by atoms with Gasteiger partial charge in [0.2, 0.25) is 6.79 Å². The molecule has 1 aliphatic rings. The van der Waals surface area contributed by atoms with Crippen LogP contribution in [0.2, 0.25) is 0 Å². The van der Waals surface area contributed by atoms with Gasteiger partial charge >= 0.3 is 0 Å². The Kier molecular flexibility index (Phi) is 2.42. The molecule has 0 saturated carbocycles. The molecular formula is C12H9N3O2. The first kappa shape index (κ1) is 9.77. The van der Waals surface area contributed by atoms with Gasteiger partial charge in [-0.1, -0.05) is 12.1 Å². The molecule has 0 amide bonds. The summed E-state index contributed by atoms with van der Waals surface area (Å²) in [7, 11) is 0. The molecule has 3 rings (SSSR count). The summed E-state index contributed by atoms with van der Waals surface area (Å²) in [4.78, 5) is 11.8. The summed E-state index contributed by atoms with van der Waals surface area (Å²) in [6, 6.07) is 5.75.